The first-order chi connectivity index (χ1) is 11.1. The van der Waals surface area contributed by atoms with Crippen molar-refractivity contribution >= 4 is 17.8 Å². The van der Waals surface area contributed by atoms with E-state index in [9.17, 15) is 14.4 Å². The second-order valence-corrected chi connectivity index (χ2v) is 4.71. The molecular weight excluding hydrogens is 302 g/mol. The lowest BCUT2D eigenvalue weighted by molar-refractivity contribution is -0.138. The van der Waals surface area contributed by atoms with Gasteiger partial charge in [0, 0.05) is 19.6 Å². The van der Waals surface area contributed by atoms with Crippen molar-refractivity contribution in [2.45, 2.75) is 19.3 Å². The van der Waals surface area contributed by atoms with E-state index < -0.39 is 5.97 Å². The number of hydrogen-bond donors (Lipinski definition) is 2. The van der Waals surface area contributed by atoms with Crippen LogP contribution in [0, 0.1) is 0 Å². The standard InChI is InChI=1S/C16H21NO6/c18-14(7-8-15(19)20)17-9-4-10-22-11-12-23-16(21)13-5-2-1-3-6-13/h1-3,5-6H,4,7-12H2,(H,17,18)(H,19,20). The molecule has 0 radical (unpaired) electrons. The molecule has 1 aromatic rings. The first-order valence-corrected chi connectivity index (χ1v) is 7.38. The third-order valence-electron chi connectivity index (χ3n) is 2.82. The summed E-state index contributed by atoms with van der Waals surface area (Å²) < 4.78 is 10.3. The first-order valence-electron chi connectivity index (χ1n) is 7.38. The van der Waals surface area contributed by atoms with Crippen LogP contribution in [0.1, 0.15) is 29.6 Å². The number of hydrogen-bond acceptors (Lipinski definition) is 5. The minimum atomic E-state index is -0.992. The van der Waals surface area contributed by atoms with Gasteiger partial charge >= 0.3 is 11.9 Å². The maximum absolute atomic E-state index is 11.6. The average molecular weight is 323 g/mol. The van der Waals surface area contributed by atoms with E-state index in [1.54, 1.807) is 24.3 Å². The van der Waals surface area contributed by atoms with Gasteiger partial charge in [-0.05, 0) is 18.6 Å². The number of esters is 1. The Bertz CT molecular complexity index is 503. The maximum atomic E-state index is 11.6. The Hall–Kier alpha value is -2.41. The lowest BCUT2D eigenvalue weighted by Crippen LogP contribution is -2.25. The molecule has 1 aromatic carbocycles. The van der Waals surface area contributed by atoms with E-state index in [4.69, 9.17) is 14.6 Å². The summed E-state index contributed by atoms with van der Waals surface area (Å²) in [6, 6.07) is 8.70. The predicted octanol–water partition coefficient (Wildman–Crippen LogP) is 1.23. The van der Waals surface area contributed by atoms with Crippen LogP contribution in [0.15, 0.2) is 30.3 Å². The van der Waals surface area contributed by atoms with Crippen LogP contribution in [0.3, 0.4) is 0 Å². The number of amides is 1. The number of nitrogens with one attached hydrogen (secondary N) is 1. The number of rotatable bonds is 11. The lowest BCUT2D eigenvalue weighted by atomic mass is 10.2. The van der Waals surface area contributed by atoms with Crippen molar-refractivity contribution in [3.8, 4) is 0 Å². The zero-order chi connectivity index (χ0) is 16.9. The Morgan fingerprint density at radius 2 is 1.74 bits per heavy atom. The Labute approximate surface area is 134 Å². The second kappa shape index (κ2) is 11.2. The normalized spacial score (nSPS) is 10.1. The molecule has 0 aliphatic rings. The Kier molecular flexibility index (Phi) is 9.07. The third kappa shape index (κ3) is 9.26. The topological polar surface area (TPSA) is 102 Å². The maximum Gasteiger partial charge on any atom is 0.338 e. The summed E-state index contributed by atoms with van der Waals surface area (Å²) in [5.41, 5.74) is 0.497. The molecule has 1 rings (SSSR count). The molecule has 0 unspecified atom stereocenters. The molecule has 0 bridgehead atoms. The van der Waals surface area contributed by atoms with Gasteiger partial charge in [0.2, 0.25) is 5.91 Å². The van der Waals surface area contributed by atoms with Crippen molar-refractivity contribution in [3.63, 3.8) is 0 Å². The van der Waals surface area contributed by atoms with Crippen LogP contribution in [0.25, 0.3) is 0 Å². The number of carbonyl (C=O) groups excluding carboxylic acids is 2. The second-order valence-electron chi connectivity index (χ2n) is 4.71. The van der Waals surface area contributed by atoms with Gasteiger partial charge in [-0.25, -0.2) is 4.79 Å². The lowest BCUT2D eigenvalue weighted by Gasteiger charge is -2.07. The van der Waals surface area contributed by atoms with E-state index >= 15 is 0 Å². The van der Waals surface area contributed by atoms with Crippen LogP contribution in [0.5, 0.6) is 0 Å². The zero-order valence-electron chi connectivity index (χ0n) is 12.8. The minimum absolute atomic E-state index is 0.0222. The fraction of sp³-hybridized carbons (Fsp3) is 0.438. The van der Waals surface area contributed by atoms with E-state index in [0.717, 1.165) is 0 Å². The number of carboxylic acid groups (broad SMARTS) is 1. The van der Waals surface area contributed by atoms with E-state index in [-0.39, 0.29) is 37.9 Å². The van der Waals surface area contributed by atoms with Crippen LogP contribution < -0.4 is 5.32 Å². The molecular formula is C16H21NO6. The van der Waals surface area contributed by atoms with Crippen LogP contribution in [-0.4, -0.2) is 49.3 Å². The molecule has 0 aliphatic carbocycles. The molecule has 7 heteroatoms. The van der Waals surface area contributed by atoms with Gasteiger partial charge in [-0.15, -0.1) is 0 Å². The number of ether oxygens (including phenoxy) is 2. The molecule has 7 nitrogen and oxygen atoms in total. The van der Waals surface area contributed by atoms with Crippen LogP contribution in [-0.2, 0) is 19.1 Å². The van der Waals surface area contributed by atoms with Crippen molar-refractivity contribution < 1.29 is 29.0 Å². The summed E-state index contributed by atoms with van der Waals surface area (Å²) in [6.07, 6.45) is 0.409. The van der Waals surface area contributed by atoms with E-state index in [1.165, 1.54) is 0 Å². The highest BCUT2D eigenvalue weighted by Gasteiger charge is 2.05. The Morgan fingerprint density at radius 3 is 2.43 bits per heavy atom. The molecule has 126 valence electrons. The van der Waals surface area contributed by atoms with Crippen LogP contribution >= 0.6 is 0 Å². The van der Waals surface area contributed by atoms with Gasteiger partial charge < -0.3 is 19.9 Å². The van der Waals surface area contributed by atoms with Crippen molar-refractivity contribution in [1.29, 1.82) is 0 Å². The summed E-state index contributed by atoms with van der Waals surface area (Å²) in [7, 11) is 0. The van der Waals surface area contributed by atoms with Gasteiger partial charge in [-0.3, -0.25) is 9.59 Å². The molecule has 2 N–H and O–H groups in total. The molecule has 0 saturated heterocycles. The van der Waals surface area contributed by atoms with E-state index in [2.05, 4.69) is 5.32 Å². The van der Waals surface area contributed by atoms with E-state index in [1.807, 2.05) is 6.07 Å². The quantitative estimate of drug-likeness (QED) is 0.469. The first kappa shape index (κ1) is 18.6. The van der Waals surface area contributed by atoms with Crippen LogP contribution in [0.2, 0.25) is 0 Å². The molecule has 0 atom stereocenters. The van der Waals surface area contributed by atoms with Gasteiger partial charge in [-0.1, -0.05) is 18.2 Å². The molecule has 0 fully saturated rings. The fourth-order valence-electron chi connectivity index (χ4n) is 1.66. The molecule has 0 aromatic heterocycles. The summed E-state index contributed by atoms with van der Waals surface area (Å²) in [6.45, 7) is 1.29. The SMILES string of the molecule is O=C(O)CCC(=O)NCCCOCCOC(=O)c1ccccc1. The predicted molar refractivity (Wildman–Crippen MR) is 82.0 cm³/mol. The number of benzene rings is 1. The third-order valence-corrected chi connectivity index (χ3v) is 2.82. The molecule has 1 amide bonds. The van der Waals surface area contributed by atoms with Gasteiger partial charge in [0.25, 0.3) is 0 Å². The van der Waals surface area contributed by atoms with Crippen molar-refractivity contribution in [2.24, 2.45) is 0 Å². The number of carbonyl (C=O) groups is 3. The summed E-state index contributed by atoms with van der Waals surface area (Å²) in [5, 5.41) is 11.0. The minimum Gasteiger partial charge on any atom is -0.481 e. The monoisotopic (exact) mass is 323 g/mol. The molecule has 0 heterocycles. The Balaban J connectivity index is 1.95. The Morgan fingerprint density at radius 1 is 1.00 bits per heavy atom. The van der Waals surface area contributed by atoms with E-state index in [0.29, 0.717) is 25.1 Å². The molecule has 0 aliphatic heterocycles. The highest BCUT2D eigenvalue weighted by atomic mass is 16.6. The van der Waals surface area contributed by atoms with Crippen molar-refractivity contribution in [3.05, 3.63) is 35.9 Å². The average Bonchev–Trinajstić information content (AvgIpc) is 2.56. The summed E-state index contributed by atoms with van der Waals surface area (Å²) in [5.74, 6) is -1.67. The van der Waals surface area contributed by atoms with Crippen LogP contribution in [0.4, 0.5) is 0 Å². The highest BCUT2D eigenvalue weighted by Crippen LogP contribution is 2.00. The van der Waals surface area contributed by atoms with Gasteiger partial charge in [0.05, 0.1) is 18.6 Å². The van der Waals surface area contributed by atoms with Gasteiger partial charge in [-0.2, -0.15) is 0 Å². The van der Waals surface area contributed by atoms with Gasteiger partial charge in [0.1, 0.15) is 6.61 Å². The largest absolute Gasteiger partial charge is 0.481 e. The smallest absolute Gasteiger partial charge is 0.338 e. The molecule has 0 saturated carbocycles. The molecule has 23 heavy (non-hydrogen) atoms. The summed E-state index contributed by atoms with van der Waals surface area (Å²) >= 11 is 0. The van der Waals surface area contributed by atoms with Crippen molar-refractivity contribution in [2.75, 3.05) is 26.4 Å². The van der Waals surface area contributed by atoms with Gasteiger partial charge in [0.15, 0.2) is 0 Å². The molecule has 0 spiro atoms. The highest BCUT2D eigenvalue weighted by molar-refractivity contribution is 5.89. The number of aliphatic carboxylic acids is 1. The van der Waals surface area contributed by atoms with Crippen molar-refractivity contribution in [1.82, 2.24) is 5.32 Å². The zero-order valence-corrected chi connectivity index (χ0v) is 12.8. The fourth-order valence-corrected chi connectivity index (χ4v) is 1.66. The summed E-state index contributed by atoms with van der Waals surface area (Å²) in [4.78, 5) is 33.1. The number of carboxylic acids is 1.